The van der Waals surface area contributed by atoms with Crippen molar-refractivity contribution in [3.8, 4) is 11.5 Å². The lowest BCUT2D eigenvalue weighted by Gasteiger charge is -2.16. The number of hydrogen-bond donors (Lipinski definition) is 1. The fraction of sp³-hybridized carbons (Fsp3) is 0.625. The molecular formula is C16H26ClNO2. The van der Waals surface area contributed by atoms with Gasteiger partial charge in [-0.15, -0.1) is 0 Å². The minimum Gasteiger partial charge on any atom is -0.493 e. The monoisotopic (exact) mass is 299 g/mol. The lowest BCUT2D eigenvalue weighted by Crippen LogP contribution is -2.21. The van der Waals surface area contributed by atoms with Gasteiger partial charge in [-0.25, -0.2) is 0 Å². The van der Waals surface area contributed by atoms with Crippen LogP contribution < -0.4 is 15.2 Å². The molecule has 0 aromatic heterocycles. The van der Waals surface area contributed by atoms with Crippen LogP contribution in [0, 0.1) is 5.92 Å². The summed E-state index contributed by atoms with van der Waals surface area (Å²) in [7, 11) is 1.63. The van der Waals surface area contributed by atoms with Gasteiger partial charge in [-0.05, 0) is 42.9 Å². The Morgan fingerprint density at radius 1 is 1.30 bits per heavy atom. The average molecular weight is 300 g/mol. The van der Waals surface area contributed by atoms with Crippen molar-refractivity contribution in [2.45, 2.75) is 46.1 Å². The third-order valence-corrected chi connectivity index (χ3v) is 3.53. The molecule has 4 heteroatoms. The van der Waals surface area contributed by atoms with Crippen molar-refractivity contribution in [1.29, 1.82) is 0 Å². The molecule has 114 valence electrons. The van der Waals surface area contributed by atoms with Crippen LogP contribution >= 0.6 is 11.6 Å². The highest BCUT2D eigenvalue weighted by atomic mass is 35.5. The number of rotatable bonds is 8. The minimum atomic E-state index is 0.142. The molecule has 1 unspecified atom stereocenters. The van der Waals surface area contributed by atoms with E-state index >= 15 is 0 Å². The van der Waals surface area contributed by atoms with Crippen LogP contribution in [0.5, 0.6) is 11.5 Å². The van der Waals surface area contributed by atoms with Crippen LogP contribution in [0.1, 0.15) is 39.2 Å². The van der Waals surface area contributed by atoms with Gasteiger partial charge >= 0.3 is 0 Å². The Bertz CT molecular complexity index is 421. The molecule has 1 atom stereocenters. The molecule has 0 heterocycles. The zero-order valence-electron chi connectivity index (χ0n) is 12.9. The highest BCUT2D eigenvalue weighted by Crippen LogP contribution is 2.37. The van der Waals surface area contributed by atoms with Crippen LogP contribution in [0.2, 0.25) is 5.02 Å². The molecule has 0 radical (unpaired) electrons. The minimum absolute atomic E-state index is 0.142. The SMILES string of the molecule is CCC(N)Cc1cc(Cl)c(OCCC(C)C)c(OC)c1. The van der Waals surface area contributed by atoms with E-state index in [0.29, 0.717) is 29.0 Å². The molecule has 0 aliphatic rings. The summed E-state index contributed by atoms with van der Waals surface area (Å²) >= 11 is 6.31. The van der Waals surface area contributed by atoms with Crippen LogP contribution in [0.15, 0.2) is 12.1 Å². The molecule has 0 fully saturated rings. The Labute approximate surface area is 127 Å². The topological polar surface area (TPSA) is 44.5 Å². The molecule has 20 heavy (non-hydrogen) atoms. The number of nitrogens with two attached hydrogens (primary N) is 1. The zero-order valence-corrected chi connectivity index (χ0v) is 13.7. The predicted octanol–water partition coefficient (Wildman–Crippen LogP) is 4.05. The highest BCUT2D eigenvalue weighted by molar-refractivity contribution is 6.32. The number of ether oxygens (including phenoxy) is 2. The number of methoxy groups -OCH3 is 1. The summed E-state index contributed by atoms with van der Waals surface area (Å²) in [6.07, 6.45) is 2.72. The fourth-order valence-electron chi connectivity index (χ4n) is 1.87. The van der Waals surface area contributed by atoms with Crippen molar-refractivity contribution in [3.05, 3.63) is 22.7 Å². The Morgan fingerprint density at radius 3 is 2.55 bits per heavy atom. The second-order valence-electron chi connectivity index (χ2n) is 5.51. The smallest absolute Gasteiger partial charge is 0.179 e. The first-order valence-corrected chi connectivity index (χ1v) is 7.60. The Hall–Kier alpha value is -0.930. The van der Waals surface area contributed by atoms with E-state index in [0.717, 1.165) is 24.8 Å². The molecule has 0 amide bonds. The number of hydrogen-bond acceptors (Lipinski definition) is 3. The van der Waals surface area contributed by atoms with Gasteiger partial charge in [0.1, 0.15) is 0 Å². The largest absolute Gasteiger partial charge is 0.493 e. The van der Waals surface area contributed by atoms with Gasteiger partial charge in [-0.1, -0.05) is 32.4 Å². The maximum atomic E-state index is 6.31. The first-order chi connectivity index (χ1) is 9.47. The van der Waals surface area contributed by atoms with Crippen molar-refractivity contribution in [1.82, 2.24) is 0 Å². The van der Waals surface area contributed by atoms with E-state index in [1.807, 2.05) is 12.1 Å². The quantitative estimate of drug-likeness (QED) is 0.787. The van der Waals surface area contributed by atoms with Crippen molar-refractivity contribution in [2.24, 2.45) is 11.7 Å². The second-order valence-corrected chi connectivity index (χ2v) is 5.92. The number of halogens is 1. The van der Waals surface area contributed by atoms with Gasteiger partial charge in [0.2, 0.25) is 0 Å². The molecule has 0 aliphatic carbocycles. The van der Waals surface area contributed by atoms with E-state index in [1.54, 1.807) is 7.11 Å². The molecule has 0 aliphatic heterocycles. The normalized spacial score (nSPS) is 12.6. The summed E-state index contributed by atoms with van der Waals surface area (Å²) in [6.45, 7) is 7.04. The molecule has 3 nitrogen and oxygen atoms in total. The van der Waals surface area contributed by atoms with Gasteiger partial charge in [0.25, 0.3) is 0 Å². The van der Waals surface area contributed by atoms with Crippen LogP contribution in [-0.2, 0) is 6.42 Å². The maximum absolute atomic E-state index is 6.31. The summed E-state index contributed by atoms with van der Waals surface area (Å²) in [6, 6.07) is 4.03. The first kappa shape index (κ1) is 17.1. The van der Waals surface area contributed by atoms with Crippen molar-refractivity contribution in [2.75, 3.05) is 13.7 Å². The standard InChI is InChI=1S/C16H26ClNO2/c1-5-13(18)8-12-9-14(17)16(15(10-12)19-4)20-7-6-11(2)3/h9-11,13H,5-8,18H2,1-4H3. The molecule has 0 saturated heterocycles. The zero-order chi connectivity index (χ0) is 15.1. The average Bonchev–Trinajstić information content (AvgIpc) is 2.40. The van der Waals surface area contributed by atoms with E-state index in [-0.39, 0.29) is 6.04 Å². The Balaban J connectivity index is 2.84. The molecule has 0 spiro atoms. The van der Waals surface area contributed by atoms with Crippen LogP contribution in [0.3, 0.4) is 0 Å². The molecule has 1 aromatic carbocycles. The van der Waals surface area contributed by atoms with Gasteiger partial charge < -0.3 is 15.2 Å². The van der Waals surface area contributed by atoms with Crippen molar-refractivity contribution < 1.29 is 9.47 Å². The lowest BCUT2D eigenvalue weighted by atomic mass is 10.0. The summed E-state index contributed by atoms with van der Waals surface area (Å²) in [5.74, 6) is 1.91. The van der Waals surface area contributed by atoms with E-state index in [4.69, 9.17) is 26.8 Å². The molecule has 1 rings (SSSR count). The van der Waals surface area contributed by atoms with E-state index in [2.05, 4.69) is 20.8 Å². The van der Waals surface area contributed by atoms with Gasteiger partial charge in [0.05, 0.1) is 18.7 Å². The summed E-state index contributed by atoms with van der Waals surface area (Å²) < 4.78 is 11.2. The van der Waals surface area contributed by atoms with E-state index in [9.17, 15) is 0 Å². The first-order valence-electron chi connectivity index (χ1n) is 7.22. The Kier molecular flexibility index (Phi) is 7.17. The van der Waals surface area contributed by atoms with Crippen LogP contribution in [-0.4, -0.2) is 19.8 Å². The lowest BCUT2D eigenvalue weighted by molar-refractivity contribution is 0.273. The van der Waals surface area contributed by atoms with Gasteiger partial charge in [0, 0.05) is 6.04 Å². The summed E-state index contributed by atoms with van der Waals surface area (Å²) in [5.41, 5.74) is 7.06. The van der Waals surface area contributed by atoms with Crippen LogP contribution in [0.25, 0.3) is 0 Å². The molecule has 0 bridgehead atoms. The molecule has 2 N–H and O–H groups in total. The van der Waals surface area contributed by atoms with E-state index < -0.39 is 0 Å². The molecule has 0 saturated carbocycles. The van der Waals surface area contributed by atoms with Crippen molar-refractivity contribution in [3.63, 3.8) is 0 Å². The van der Waals surface area contributed by atoms with E-state index in [1.165, 1.54) is 0 Å². The molecule has 1 aromatic rings. The second kappa shape index (κ2) is 8.38. The third kappa shape index (κ3) is 5.22. The van der Waals surface area contributed by atoms with Crippen LogP contribution in [0.4, 0.5) is 0 Å². The van der Waals surface area contributed by atoms with Crippen molar-refractivity contribution >= 4 is 11.6 Å². The third-order valence-electron chi connectivity index (χ3n) is 3.25. The highest BCUT2D eigenvalue weighted by Gasteiger charge is 2.13. The Morgan fingerprint density at radius 2 is 2.00 bits per heavy atom. The van der Waals surface area contributed by atoms with Gasteiger partial charge in [-0.2, -0.15) is 0 Å². The fourth-order valence-corrected chi connectivity index (χ4v) is 2.16. The maximum Gasteiger partial charge on any atom is 0.179 e. The number of benzene rings is 1. The summed E-state index contributed by atoms with van der Waals surface area (Å²) in [4.78, 5) is 0. The predicted molar refractivity (Wildman–Crippen MR) is 84.9 cm³/mol. The summed E-state index contributed by atoms with van der Waals surface area (Å²) in [5, 5.41) is 0.589. The van der Waals surface area contributed by atoms with Gasteiger partial charge in [0.15, 0.2) is 11.5 Å². The van der Waals surface area contributed by atoms with Gasteiger partial charge in [-0.3, -0.25) is 0 Å². The molecular weight excluding hydrogens is 274 g/mol.